The van der Waals surface area contributed by atoms with E-state index < -0.39 is 6.17 Å². The zero-order chi connectivity index (χ0) is 9.68. The largest absolute Gasteiger partial charge is 0.396 e. The van der Waals surface area contributed by atoms with Gasteiger partial charge in [0.15, 0.2) is 0 Å². The summed E-state index contributed by atoms with van der Waals surface area (Å²) in [6.45, 7) is 1.89. The smallest absolute Gasteiger partial charge is 0.142 e. The average molecular weight is 183 g/mol. The molecule has 1 aromatic heterocycles. The van der Waals surface area contributed by atoms with Crippen molar-refractivity contribution in [3.63, 3.8) is 0 Å². The van der Waals surface area contributed by atoms with Crippen LogP contribution in [0.15, 0.2) is 18.3 Å². The number of hydrogen-bond donors (Lipinski definition) is 1. The normalized spacial score (nSPS) is 12.8. The molecule has 0 aromatic carbocycles. The molecule has 0 aliphatic carbocycles. The highest BCUT2D eigenvalue weighted by Gasteiger charge is 2.07. The maximum Gasteiger partial charge on any atom is 0.142 e. The molecule has 1 N–H and O–H groups in total. The van der Waals surface area contributed by atoms with Gasteiger partial charge in [-0.05, 0) is 24.5 Å². The molecule has 1 aromatic rings. The Morgan fingerprint density at radius 2 is 2.31 bits per heavy atom. The summed E-state index contributed by atoms with van der Waals surface area (Å²) in [6.07, 6.45) is 1.68. The minimum absolute atomic E-state index is 0.105. The first-order valence-electron chi connectivity index (χ1n) is 4.47. The number of hydrogen-bond acceptors (Lipinski definition) is 2. The molecule has 1 rings (SSSR count). The molecule has 3 heteroatoms. The first-order chi connectivity index (χ1) is 6.27. The lowest BCUT2D eigenvalue weighted by atomic mass is 10.1. The first kappa shape index (κ1) is 10.1. The number of pyridine rings is 1. The number of aliphatic hydroxyl groups excluding tert-OH is 1. The van der Waals surface area contributed by atoms with Crippen LogP contribution in [-0.2, 0) is 6.42 Å². The van der Waals surface area contributed by atoms with E-state index in [1.54, 1.807) is 25.3 Å². The van der Waals surface area contributed by atoms with Crippen molar-refractivity contribution in [1.82, 2.24) is 4.98 Å². The molecular formula is C10H14FNO. The van der Waals surface area contributed by atoms with E-state index in [1.807, 2.05) is 0 Å². The van der Waals surface area contributed by atoms with Crippen LogP contribution in [0.3, 0.4) is 0 Å². The predicted octanol–water partition coefficient (Wildman–Crippen LogP) is 2.04. The quantitative estimate of drug-likeness (QED) is 0.774. The summed E-state index contributed by atoms with van der Waals surface area (Å²) in [4.78, 5) is 3.98. The maximum atomic E-state index is 13.1. The Bertz CT molecular complexity index is 248. The van der Waals surface area contributed by atoms with E-state index in [0.29, 0.717) is 18.5 Å². The van der Waals surface area contributed by atoms with Gasteiger partial charge >= 0.3 is 0 Å². The Morgan fingerprint density at radius 3 is 2.77 bits per heavy atom. The molecule has 0 aliphatic rings. The lowest BCUT2D eigenvalue weighted by Crippen LogP contribution is -1.96. The fourth-order valence-electron chi connectivity index (χ4n) is 1.11. The maximum absolute atomic E-state index is 13.1. The van der Waals surface area contributed by atoms with E-state index >= 15 is 0 Å². The fourth-order valence-corrected chi connectivity index (χ4v) is 1.11. The summed E-state index contributed by atoms with van der Waals surface area (Å²) in [5.41, 5.74) is 1.42. The highest BCUT2D eigenvalue weighted by Crippen LogP contribution is 2.18. The molecule has 1 heterocycles. The van der Waals surface area contributed by atoms with Crippen LogP contribution in [0.25, 0.3) is 0 Å². The molecular weight excluding hydrogens is 169 g/mol. The highest BCUT2D eigenvalue weighted by molar-refractivity contribution is 5.15. The Labute approximate surface area is 77.4 Å². The average Bonchev–Trinajstić information content (AvgIpc) is 2.18. The Morgan fingerprint density at radius 1 is 1.54 bits per heavy atom. The standard InChI is InChI=1S/C10H14FNO/c1-2-9(11)10-4-3-8(5-6-13)7-12-10/h3-4,7,9,13H,2,5-6H2,1H3. The third kappa shape index (κ3) is 2.77. The minimum atomic E-state index is -0.969. The molecule has 13 heavy (non-hydrogen) atoms. The first-order valence-corrected chi connectivity index (χ1v) is 4.47. The van der Waals surface area contributed by atoms with Gasteiger partial charge in [0.2, 0.25) is 0 Å². The van der Waals surface area contributed by atoms with Crippen LogP contribution in [0, 0.1) is 0 Å². The number of rotatable bonds is 4. The molecule has 0 saturated carbocycles. The summed E-state index contributed by atoms with van der Waals surface area (Å²) in [6, 6.07) is 3.49. The lowest BCUT2D eigenvalue weighted by Gasteiger charge is -2.04. The zero-order valence-corrected chi connectivity index (χ0v) is 7.70. The lowest BCUT2D eigenvalue weighted by molar-refractivity contribution is 0.299. The number of aliphatic hydroxyl groups is 1. The third-order valence-electron chi connectivity index (χ3n) is 1.93. The SMILES string of the molecule is CCC(F)c1ccc(CCO)cn1. The fraction of sp³-hybridized carbons (Fsp3) is 0.500. The van der Waals surface area contributed by atoms with Crippen molar-refractivity contribution in [1.29, 1.82) is 0 Å². The Hall–Kier alpha value is -0.960. The van der Waals surface area contributed by atoms with E-state index in [1.165, 1.54) is 0 Å². The van der Waals surface area contributed by atoms with Crippen LogP contribution < -0.4 is 0 Å². The van der Waals surface area contributed by atoms with Crippen LogP contribution in [-0.4, -0.2) is 16.7 Å². The molecule has 0 bridgehead atoms. The van der Waals surface area contributed by atoms with Crippen LogP contribution in [0.2, 0.25) is 0 Å². The molecule has 0 spiro atoms. The summed E-state index contributed by atoms with van der Waals surface area (Å²) in [7, 11) is 0. The van der Waals surface area contributed by atoms with Crippen molar-refractivity contribution in [2.45, 2.75) is 25.9 Å². The zero-order valence-electron chi connectivity index (χ0n) is 7.70. The van der Waals surface area contributed by atoms with Gasteiger partial charge in [0, 0.05) is 12.8 Å². The summed E-state index contributed by atoms with van der Waals surface area (Å²) >= 11 is 0. The summed E-state index contributed by atoms with van der Waals surface area (Å²) < 4.78 is 13.1. The van der Waals surface area contributed by atoms with Crippen molar-refractivity contribution >= 4 is 0 Å². The van der Waals surface area contributed by atoms with Gasteiger partial charge in [0.25, 0.3) is 0 Å². The van der Waals surface area contributed by atoms with E-state index in [2.05, 4.69) is 4.98 Å². The van der Waals surface area contributed by atoms with Crippen LogP contribution >= 0.6 is 0 Å². The van der Waals surface area contributed by atoms with Crippen molar-refractivity contribution in [2.24, 2.45) is 0 Å². The monoisotopic (exact) mass is 183 g/mol. The number of halogens is 1. The van der Waals surface area contributed by atoms with Gasteiger partial charge in [-0.2, -0.15) is 0 Å². The molecule has 0 saturated heterocycles. The molecule has 0 amide bonds. The Balaban J connectivity index is 2.69. The molecule has 0 aliphatic heterocycles. The van der Waals surface area contributed by atoms with Gasteiger partial charge in [-0.3, -0.25) is 4.98 Å². The molecule has 2 nitrogen and oxygen atoms in total. The predicted molar refractivity (Wildman–Crippen MR) is 49.2 cm³/mol. The van der Waals surface area contributed by atoms with E-state index in [-0.39, 0.29) is 6.61 Å². The second-order valence-corrected chi connectivity index (χ2v) is 2.94. The molecule has 0 radical (unpaired) electrons. The van der Waals surface area contributed by atoms with Crippen molar-refractivity contribution in [3.8, 4) is 0 Å². The van der Waals surface area contributed by atoms with Crippen LogP contribution in [0.4, 0.5) is 4.39 Å². The second kappa shape index (κ2) is 4.92. The molecule has 72 valence electrons. The van der Waals surface area contributed by atoms with Gasteiger partial charge in [-0.15, -0.1) is 0 Å². The number of alkyl halides is 1. The summed E-state index contributed by atoms with van der Waals surface area (Å²) in [5.74, 6) is 0. The Kier molecular flexibility index (Phi) is 3.83. The van der Waals surface area contributed by atoms with E-state index in [4.69, 9.17) is 5.11 Å². The molecule has 0 fully saturated rings. The summed E-state index contributed by atoms with van der Waals surface area (Å²) in [5, 5.41) is 8.64. The van der Waals surface area contributed by atoms with Gasteiger partial charge < -0.3 is 5.11 Å². The van der Waals surface area contributed by atoms with Gasteiger partial charge in [0.05, 0.1) is 5.69 Å². The molecule has 1 unspecified atom stereocenters. The number of aromatic nitrogens is 1. The minimum Gasteiger partial charge on any atom is -0.396 e. The van der Waals surface area contributed by atoms with Gasteiger partial charge in [0.1, 0.15) is 6.17 Å². The third-order valence-corrected chi connectivity index (χ3v) is 1.93. The van der Waals surface area contributed by atoms with Crippen LogP contribution in [0.5, 0.6) is 0 Å². The van der Waals surface area contributed by atoms with E-state index in [0.717, 1.165) is 5.56 Å². The van der Waals surface area contributed by atoms with E-state index in [9.17, 15) is 4.39 Å². The van der Waals surface area contributed by atoms with Gasteiger partial charge in [-0.25, -0.2) is 4.39 Å². The van der Waals surface area contributed by atoms with Crippen molar-refractivity contribution in [2.75, 3.05) is 6.61 Å². The van der Waals surface area contributed by atoms with Crippen molar-refractivity contribution < 1.29 is 9.50 Å². The number of nitrogens with zero attached hydrogens (tertiary/aromatic N) is 1. The van der Waals surface area contributed by atoms with Gasteiger partial charge in [-0.1, -0.05) is 13.0 Å². The van der Waals surface area contributed by atoms with Crippen molar-refractivity contribution in [3.05, 3.63) is 29.6 Å². The van der Waals surface area contributed by atoms with Crippen LogP contribution in [0.1, 0.15) is 30.8 Å². The molecule has 1 atom stereocenters. The second-order valence-electron chi connectivity index (χ2n) is 2.94. The highest BCUT2D eigenvalue weighted by atomic mass is 19.1. The topological polar surface area (TPSA) is 33.1 Å².